The highest BCUT2D eigenvalue weighted by molar-refractivity contribution is 4.87. The molecule has 2 bridgehead atoms. The molecule has 0 heterocycles. The van der Waals surface area contributed by atoms with Crippen LogP contribution >= 0.6 is 0 Å². The zero-order valence-corrected chi connectivity index (χ0v) is 6.77. The molecule has 1 nitrogen and oxygen atoms in total. The van der Waals surface area contributed by atoms with Crippen molar-refractivity contribution in [3.63, 3.8) is 0 Å². The van der Waals surface area contributed by atoms with Gasteiger partial charge in [0.2, 0.25) is 0 Å². The fraction of sp³-hybridized carbons (Fsp3) is 1.00. The van der Waals surface area contributed by atoms with Gasteiger partial charge in [0.25, 0.3) is 0 Å². The number of hydrogen-bond donors (Lipinski definition) is 1. The van der Waals surface area contributed by atoms with E-state index in [2.05, 4.69) is 12.4 Å². The van der Waals surface area contributed by atoms with Gasteiger partial charge in [-0.05, 0) is 38.1 Å². The van der Waals surface area contributed by atoms with Crippen LogP contribution in [0.25, 0.3) is 0 Å². The molecule has 1 N–H and O–H groups in total. The Bertz CT molecular complexity index is 110. The normalized spacial score (nSPS) is 45.9. The molecule has 2 aliphatic carbocycles. The minimum atomic E-state index is 0.853. The Morgan fingerprint density at radius 1 is 1.00 bits per heavy atom. The summed E-state index contributed by atoms with van der Waals surface area (Å²) >= 11 is 0. The Labute approximate surface area is 63.2 Å². The second-order valence-corrected chi connectivity index (χ2v) is 4.00. The molecule has 0 aromatic carbocycles. The van der Waals surface area contributed by atoms with Crippen molar-refractivity contribution in [1.82, 2.24) is 5.32 Å². The number of fused-ring (bicyclic) bond motifs is 2. The SMILES string of the molecule is CN[C@@H]1C[C@@H]2CC[C@@H](C2)C1. The summed E-state index contributed by atoms with van der Waals surface area (Å²) in [5, 5.41) is 3.40. The molecule has 2 saturated carbocycles. The summed E-state index contributed by atoms with van der Waals surface area (Å²) < 4.78 is 0. The summed E-state index contributed by atoms with van der Waals surface area (Å²) in [7, 11) is 2.11. The molecule has 2 aliphatic rings. The Kier molecular flexibility index (Phi) is 1.69. The molecule has 10 heavy (non-hydrogen) atoms. The van der Waals surface area contributed by atoms with Crippen LogP contribution in [0.15, 0.2) is 0 Å². The summed E-state index contributed by atoms with van der Waals surface area (Å²) in [5.74, 6) is 2.16. The van der Waals surface area contributed by atoms with E-state index in [1.165, 1.54) is 32.1 Å². The zero-order valence-electron chi connectivity index (χ0n) is 6.77. The first-order chi connectivity index (χ1) is 4.88. The van der Waals surface area contributed by atoms with Gasteiger partial charge in [-0.25, -0.2) is 0 Å². The van der Waals surface area contributed by atoms with Crippen LogP contribution in [0.3, 0.4) is 0 Å². The van der Waals surface area contributed by atoms with Gasteiger partial charge in [0.1, 0.15) is 0 Å². The van der Waals surface area contributed by atoms with Crippen LogP contribution in [-0.4, -0.2) is 13.1 Å². The minimum absolute atomic E-state index is 0.853. The summed E-state index contributed by atoms with van der Waals surface area (Å²) in [5.41, 5.74) is 0. The maximum Gasteiger partial charge on any atom is 0.00693 e. The molecule has 0 amide bonds. The molecule has 0 unspecified atom stereocenters. The summed E-state index contributed by atoms with van der Waals surface area (Å²) in [4.78, 5) is 0. The van der Waals surface area contributed by atoms with Gasteiger partial charge in [-0.2, -0.15) is 0 Å². The van der Waals surface area contributed by atoms with Crippen molar-refractivity contribution in [3.05, 3.63) is 0 Å². The Morgan fingerprint density at radius 3 is 2.10 bits per heavy atom. The van der Waals surface area contributed by atoms with Crippen molar-refractivity contribution in [2.45, 2.75) is 38.1 Å². The minimum Gasteiger partial charge on any atom is -0.317 e. The fourth-order valence-corrected chi connectivity index (χ4v) is 2.74. The Hall–Kier alpha value is -0.0400. The van der Waals surface area contributed by atoms with Gasteiger partial charge in [-0.1, -0.05) is 12.8 Å². The van der Waals surface area contributed by atoms with E-state index in [0.717, 1.165) is 17.9 Å². The summed E-state index contributed by atoms with van der Waals surface area (Å²) in [6.45, 7) is 0. The standard InChI is InChI=1S/C9H17N/c1-10-9-5-7-2-3-8(4-7)6-9/h7-10H,2-6H2,1H3/t7-,8+,9-. The molecule has 0 aromatic rings. The van der Waals surface area contributed by atoms with Crippen LogP contribution < -0.4 is 5.32 Å². The monoisotopic (exact) mass is 139 g/mol. The van der Waals surface area contributed by atoms with E-state index in [0.29, 0.717) is 0 Å². The molecule has 0 aromatic heterocycles. The highest BCUT2D eigenvalue weighted by Crippen LogP contribution is 2.41. The molecular formula is C9H17N. The molecule has 2 rings (SSSR count). The maximum atomic E-state index is 3.40. The third kappa shape index (κ3) is 1.07. The third-order valence-corrected chi connectivity index (χ3v) is 3.29. The zero-order chi connectivity index (χ0) is 6.97. The van der Waals surface area contributed by atoms with Crippen LogP contribution in [0.5, 0.6) is 0 Å². The van der Waals surface area contributed by atoms with E-state index in [1.807, 2.05) is 0 Å². The smallest absolute Gasteiger partial charge is 0.00693 e. The van der Waals surface area contributed by atoms with Gasteiger partial charge in [0.05, 0.1) is 0 Å². The largest absolute Gasteiger partial charge is 0.317 e. The molecule has 3 atom stereocenters. The predicted octanol–water partition coefficient (Wildman–Crippen LogP) is 1.78. The van der Waals surface area contributed by atoms with E-state index in [1.54, 1.807) is 0 Å². The first-order valence-corrected chi connectivity index (χ1v) is 4.55. The van der Waals surface area contributed by atoms with Crippen LogP contribution in [0, 0.1) is 11.8 Å². The van der Waals surface area contributed by atoms with Gasteiger partial charge in [0, 0.05) is 6.04 Å². The van der Waals surface area contributed by atoms with E-state index >= 15 is 0 Å². The fourth-order valence-electron chi connectivity index (χ4n) is 2.74. The van der Waals surface area contributed by atoms with Gasteiger partial charge in [-0.15, -0.1) is 0 Å². The van der Waals surface area contributed by atoms with Gasteiger partial charge >= 0.3 is 0 Å². The summed E-state index contributed by atoms with van der Waals surface area (Å²) in [6.07, 6.45) is 7.48. The lowest BCUT2D eigenvalue weighted by molar-refractivity contribution is 0.292. The Morgan fingerprint density at radius 2 is 1.60 bits per heavy atom. The van der Waals surface area contributed by atoms with E-state index in [4.69, 9.17) is 0 Å². The molecule has 0 aliphatic heterocycles. The van der Waals surface area contributed by atoms with E-state index in [9.17, 15) is 0 Å². The van der Waals surface area contributed by atoms with Crippen molar-refractivity contribution < 1.29 is 0 Å². The highest BCUT2D eigenvalue weighted by Gasteiger charge is 2.32. The third-order valence-electron chi connectivity index (χ3n) is 3.29. The second-order valence-electron chi connectivity index (χ2n) is 4.00. The first kappa shape index (κ1) is 6.66. The topological polar surface area (TPSA) is 12.0 Å². The quantitative estimate of drug-likeness (QED) is 0.584. The van der Waals surface area contributed by atoms with Crippen LogP contribution in [0.1, 0.15) is 32.1 Å². The van der Waals surface area contributed by atoms with Crippen molar-refractivity contribution in [1.29, 1.82) is 0 Å². The Balaban J connectivity index is 1.96. The average molecular weight is 139 g/mol. The first-order valence-electron chi connectivity index (χ1n) is 4.55. The number of nitrogens with one attached hydrogen (secondary N) is 1. The second kappa shape index (κ2) is 2.54. The summed E-state index contributed by atoms with van der Waals surface area (Å²) in [6, 6.07) is 0.853. The molecule has 0 saturated heterocycles. The van der Waals surface area contributed by atoms with Crippen molar-refractivity contribution in [3.8, 4) is 0 Å². The maximum absolute atomic E-state index is 3.40. The van der Waals surface area contributed by atoms with Crippen molar-refractivity contribution in [2.24, 2.45) is 11.8 Å². The van der Waals surface area contributed by atoms with E-state index in [-0.39, 0.29) is 0 Å². The van der Waals surface area contributed by atoms with Crippen LogP contribution in [-0.2, 0) is 0 Å². The lowest BCUT2D eigenvalue weighted by atomic mass is 9.86. The van der Waals surface area contributed by atoms with Crippen molar-refractivity contribution in [2.75, 3.05) is 7.05 Å². The number of hydrogen-bond acceptors (Lipinski definition) is 1. The van der Waals surface area contributed by atoms with Crippen LogP contribution in [0.4, 0.5) is 0 Å². The molecule has 0 spiro atoms. The van der Waals surface area contributed by atoms with E-state index < -0.39 is 0 Å². The highest BCUT2D eigenvalue weighted by atomic mass is 14.9. The molecule has 2 fully saturated rings. The van der Waals surface area contributed by atoms with Gasteiger partial charge in [-0.3, -0.25) is 0 Å². The van der Waals surface area contributed by atoms with Gasteiger partial charge in [0.15, 0.2) is 0 Å². The lowest BCUT2D eigenvalue weighted by Gasteiger charge is -2.26. The lowest BCUT2D eigenvalue weighted by Crippen LogP contribution is -2.31. The molecule has 1 heteroatoms. The molecule has 58 valence electrons. The van der Waals surface area contributed by atoms with Crippen molar-refractivity contribution >= 4 is 0 Å². The predicted molar refractivity (Wildman–Crippen MR) is 42.9 cm³/mol. The van der Waals surface area contributed by atoms with Crippen LogP contribution in [0.2, 0.25) is 0 Å². The molecular weight excluding hydrogens is 122 g/mol. The number of rotatable bonds is 1. The van der Waals surface area contributed by atoms with Gasteiger partial charge < -0.3 is 5.32 Å². The average Bonchev–Trinajstić information content (AvgIpc) is 2.30. The molecule has 0 radical (unpaired) electrons.